The zero-order valence-corrected chi connectivity index (χ0v) is 16.1. The lowest BCUT2D eigenvalue weighted by Gasteiger charge is -2.32. The molecule has 0 radical (unpaired) electrons. The summed E-state index contributed by atoms with van der Waals surface area (Å²) in [5, 5.41) is 4.31. The molecule has 5 heteroatoms. The third-order valence-electron chi connectivity index (χ3n) is 5.61. The molecule has 1 aromatic carbocycles. The first-order valence-corrected chi connectivity index (χ1v) is 9.75. The van der Waals surface area contributed by atoms with Crippen molar-refractivity contribution in [2.75, 3.05) is 13.1 Å². The maximum atomic E-state index is 13.1. The summed E-state index contributed by atoms with van der Waals surface area (Å²) in [6.07, 6.45) is 9.81. The number of nitrogens with zero attached hydrogens (tertiary/aromatic N) is 4. The number of rotatable bonds is 4. The smallest absolute Gasteiger partial charge is 0.259 e. The maximum Gasteiger partial charge on any atom is 0.259 e. The van der Waals surface area contributed by atoms with Crippen LogP contribution in [-0.2, 0) is 6.42 Å². The van der Waals surface area contributed by atoms with E-state index >= 15 is 0 Å². The van der Waals surface area contributed by atoms with Gasteiger partial charge in [0.1, 0.15) is 5.56 Å². The van der Waals surface area contributed by atoms with Crippen LogP contribution in [0.4, 0.5) is 0 Å². The van der Waals surface area contributed by atoms with Crippen molar-refractivity contribution in [1.82, 2.24) is 19.5 Å². The number of likely N-dealkylation sites (tertiary alicyclic amines) is 1. The molecule has 0 spiro atoms. The fraction of sp³-hybridized carbons (Fsp3) is 0.409. The Morgan fingerprint density at radius 1 is 1.22 bits per heavy atom. The molecule has 1 aliphatic heterocycles. The van der Waals surface area contributed by atoms with Gasteiger partial charge in [-0.05, 0) is 62.1 Å². The molecule has 27 heavy (non-hydrogen) atoms. The van der Waals surface area contributed by atoms with Crippen molar-refractivity contribution in [2.45, 2.75) is 39.5 Å². The first-order chi connectivity index (χ1) is 13.1. The summed E-state index contributed by atoms with van der Waals surface area (Å²) in [6, 6.07) is 8.59. The van der Waals surface area contributed by atoms with Crippen LogP contribution in [0.25, 0.3) is 5.65 Å². The van der Waals surface area contributed by atoms with Gasteiger partial charge in [-0.1, -0.05) is 24.3 Å². The van der Waals surface area contributed by atoms with Crippen LogP contribution >= 0.6 is 0 Å². The van der Waals surface area contributed by atoms with Crippen molar-refractivity contribution in [3.8, 4) is 0 Å². The zero-order chi connectivity index (χ0) is 18.8. The van der Waals surface area contributed by atoms with E-state index < -0.39 is 0 Å². The fourth-order valence-corrected chi connectivity index (χ4v) is 4.02. The highest BCUT2D eigenvalue weighted by Crippen LogP contribution is 2.24. The number of aryl methyl sites for hydroxylation is 3. The normalized spacial score (nSPS) is 17.4. The molecule has 2 aromatic heterocycles. The topological polar surface area (TPSA) is 50.5 Å². The Bertz CT molecular complexity index is 962. The third kappa shape index (κ3) is 3.72. The summed E-state index contributed by atoms with van der Waals surface area (Å²) >= 11 is 0. The van der Waals surface area contributed by atoms with Gasteiger partial charge in [0.2, 0.25) is 0 Å². The van der Waals surface area contributed by atoms with Gasteiger partial charge >= 0.3 is 0 Å². The standard InChI is InChI=1S/C22H26N4O/c1-16-12-23-21-20(13-24-26(21)14-16)22(27)25-11-5-7-18(15-25)9-10-19-8-4-3-6-17(19)2/h3-4,6,8,12-14,18H,5,7,9-11,15H2,1-2H3/t18-/m1/s1. The van der Waals surface area contributed by atoms with Gasteiger partial charge in [0.15, 0.2) is 5.65 Å². The minimum atomic E-state index is 0.0574. The largest absolute Gasteiger partial charge is 0.338 e. The molecule has 0 bridgehead atoms. The van der Waals surface area contributed by atoms with Gasteiger partial charge in [0.25, 0.3) is 5.91 Å². The van der Waals surface area contributed by atoms with Gasteiger partial charge in [0, 0.05) is 25.5 Å². The number of hydrogen-bond acceptors (Lipinski definition) is 3. The van der Waals surface area contributed by atoms with Gasteiger partial charge < -0.3 is 4.90 Å². The molecular weight excluding hydrogens is 336 g/mol. The lowest BCUT2D eigenvalue weighted by atomic mass is 9.90. The Labute approximate surface area is 160 Å². The lowest BCUT2D eigenvalue weighted by Crippen LogP contribution is -2.40. The molecule has 3 aromatic rings. The highest BCUT2D eigenvalue weighted by atomic mass is 16.2. The molecule has 0 unspecified atom stereocenters. The number of aromatic nitrogens is 3. The number of carbonyl (C=O) groups is 1. The van der Waals surface area contributed by atoms with E-state index in [2.05, 4.69) is 41.3 Å². The predicted octanol–water partition coefficient (Wildman–Crippen LogP) is 3.83. The third-order valence-corrected chi connectivity index (χ3v) is 5.61. The van der Waals surface area contributed by atoms with E-state index in [9.17, 15) is 4.79 Å². The highest BCUT2D eigenvalue weighted by molar-refractivity contribution is 5.99. The summed E-state index contributed by atoms with van der Waals surface area (Å²) in [4.78, 5) is 19.5. The number of piperidine rings is 1. The first kappa shape index (κ1) is 17.7. The average Bonchev–Trinajstić information content (AvgIpc) is 3.10. The second-order valence-electron chi connectivity index (χ2n) is 7.68. The summed E-state index contributed by atoms with van der Waals surface area (Å²) < 4.78 is 1.70. The fourth-order valence-electron chi connectivity index (χ4n) is 4.02. The van der Waals surface area contributed by atoms with E-state index in [1.165, 1.54) is 17.5 Å². The summed E-state index contributed by atoms with van der Waals surface area (Å²) in [7, 11) is 0. The van der Waals surface area contributed by atoms with Crippen molar-refractivity contribution >= 4 is 11.6 Å². The zero-order valence-electron chi connectivity index (χ0n) is 16.1. The number of carbonyl (C=O) groups excluding carboxylic acids is 1. The Morgan fingerprint density at radius 3 is 2.93 bits per heavy atom. The second kappa shape index (κ2) is 7.51. The van der Waals surface area contributed by atoms with Crippen molar-refractivity contribution in [1.29, 1.82) is 0 Å². The van der Waals surface area contributed by atoms with Gasteiger partial charge in [-0.3, -0.25) is 4.79 Å². The number of hydrogen-bond donors (Lipinski definition) is 0. The number of fused-ring (bicyclic) bond motifs is 1. The molecule has 0 aliphatic carbocycles. The van der Waals surface area contributed by atoms with E-state index in [0.717, 1.165) is 37.9 Å². The molecule has 0 N–H and O–H groups in total. The molecule has 1 aliphatic rings. The van der Waals surface area contributed by atoms with Gasteiger partial charge in [-0.25, -0.2) is 9.50 Å². The van der Waals surface area contributed by atoms with Crippen LogP contribution in [0.5, 0.6) is 0 Å². The van der Waals surface area contributed by atoms with Crippen molar-refractivity contribution in [3.63, 3.8) is 0 Å². The quantitative estimate of drug-likeness (QED) is 0.709. The van der Waals surface area contributed by atoms with Crippen LogP contribution in [0.15, 0.2) is 42.9 Å². The monoisotopic (exact) mass is 362 g/mol. The van der Waals surface area contributed by atoms with Crippen LogP contribution in [0.3, 0.4) is 0 Å². The predicted molar refractivity (Wildman–Crippen MR) is 106 cm³/mol. The summed E-state index contributed by atoms with van der Waals surface area (Å²) in [5.41, 5.74) is 5.05. The van der Waals surface area contributed by atoms with Gasteiger partial charge in [-0.15, -0.1) is 0 Å². The highest BCUT2D eigenvalue weighted by Gasteiger charge is 2.26. The van der Waals surface area contributed by atoms with E-state index in [-0.39, 0.29) is 5.91 Å². The van der Waals surface area contributed by atoms with E-state index in [4.69, 9.17) is 0 Å². The molecule has 4 rings (SSSR count). The Balaban J connectivity index is 1.44. The molecule has 1 amide bonds. The van der Waals surface area contributed by atoms with E-state index in [1.54, 1.807) is 16.9 Å². The molecule has 1 fully saturated rings. The molecular formula is C22H26N4O. The Hall–Kier alpha value is -2.69. The Morgan fingerprint density at radius 2 is 2.07 bits per heavy atom. The lowest BCUT2D eigenvalue weighted by molar-refractivity contribution is 0.0670. The van der Waals surface area contributed by atoms with Crippen LogP contribution < -0.4 is 0 Å². The van der Waals surface area contributed by atoms with Crippen LogP contribution in [0.1, 0.15) is 46.3 Å². The van der Waals surface area contributed by atoms with Gasteiger partial charge in [-0.2, -0.15) is 5.10 Å². The molecule has 5 nitrogen and oxygen atoms in total. The SMILES string of the molecule is Cc1cnc2c(C(=O)N3CCC[C@H](CCc4ccccc4C)C3)cnn2c1. The minimum Gasteiger partial charge on any atom is -0.338 e. The van der Waals surface area contributed by atoms with Crippen LogP contribution in [0.2, 0.25) is 0 Å². The number of benzene rings is 1. The summed E-state index contributed by atoms with van der Waals surface area (Å²) in [5.74, 6) is 0.612. The van der Waals surface area contributed by atoms with Crippen LogP contribution in [0, 0.1) is 19.8 Å². The van der Waals surface area contributed by atoms with Crippen molar-refractivity contribution < 1.29 is 4.79 Å². The molecule has 1 saturated heterocycles. The number of amides is 1. The first-order valence-electron chi connectivity index (χ1n) is 9.75. The van der Waals surface area contributed by atoms with Crippen molar-refractivity contribution in [3.05, 3.63) is 65.1 Å². The van der Waals surface area contributed by atoms with Gasteiger partial charge in [0.05, 0.1) is 6.20 Å². The van der Waals surface area contributed by atoms with Crippen LogP contribution in [-0.4, -0.2) is 38.5 Å². The van der Waals surface area contributed by atoms with Crippen molar-refractivity contribution in [2.24, 2.45) is 5.92 Å². The second-order valence-corrected chi connectivity index (χ2v) is 7.68. The minimum absolute atomic E-state index is 0.0574. The molecule has 1 atom stereocenters. The molecule has 3 heterocycles. The average molecular weight is 362 g/mol. The van der Waals surface area contributed by atoms with E-state index in [0.29, 0.717) is 17.1 Å². The summed E-state index contributed by atoms with van der Waals surface area (Å²) in [6.45, 7) is 5.79. The molecule has 140 valence electrons. The Kier molecular flexibility index (Phi) is 4.92. The van der Waals surface area contributed by atoms with E-state index in [1.807, 2.05) is 18.0 Å². The maximum absolute atomic E-state index is 13.1. The molecule has 0 saturated carbocycles.